The minimum absolute atomic E-state index is 0.0523. The Bertz CT molecular complexity index is 2830. The molecule has 0 bridgehead atoms. The summed E-state index contributed by atoms with van der Waals surface area (Å²) in [7, 11) is 0. The zero-order chi connectivity index (χ0) is 36.4. The summed E-state index contributed by atoms with van der Waals surface area (Å²) in [4.78, 5) is 0. The van der Waals surface area contributed by atoms with E-state index in [1.165, 1.54) is 116 Å². The third-order valence-electron chi connectivity index (χ3n) is 13.0. The standard InChI is InChI=1S/C53H44/c1-31-26-37(27-32(2)33(31)3)51-43-17-9-8-16-42(43)50(36-22-24-41-39-15-11-13-19-47(39)53(6,7)49(41)30-36)45-28-34(21-25-44(45)51)35-20-23-40-38-14-10-12-18-46(38)52(4,5)48(40)29-35/h8-30H,1-7H3. The molecule has 256 valence electrons. The Kier molecular flexibility index (Phi) is 6.72. The quantitative estimate of drug-likeness (QED) is 0.163. The maximum atomic E-state index is 2.50. The van der Waals surface area contributed by atoms with Gasteiger partial charge < -0.3 is 0 Å². The summed E-state index contributed by atoms with van der Waals surface area (Å²) in [5.74, 6) is 0. The van der Waals surface area contributed by atoms with Crippen LogP contribution in [-0.4, -0.2) is 0 Å². The van der Waals surface area contributed by atoms with Crippen molar-refractivity contribution in [2.75, 3.05) is 0 Å². The molecule has 0 atom stereocenters. The lowest BCUT2D eigenvalue weighted by Gasteiger charge is -2.23. The van der Waals surface area contributed by atoms with Crippen molar-refractivity contribution in [2.24, 2.45) is 0 Å². The van der Waals surface area contributed by atoms with E-state index in [1.807, 2.05) is 0 Å². The van der Waals surface area contributed by atoms with Gasteiger partial charge in [0.15, 0.2) is 0 Å². The molecular formula is C53H44. The number of fused-ring (bicyclic) bond motifs is 8. The summed E-state index contributed by atoms with van der Waals surface area (Å²) in [6.45, 7) is 16.3. The van der Waals surface area contributed by atoms with Crippen LogP contribution in [0.5, 0.6) is 0 Å². The van der Waals surface area contributed by atoms with Gasteiger partial charge in [0.05, 0.1) is 0 Å². The van der Waals surface area contributed by atoms with Crippen molar-refractivity contribution in [1.82, 2.24) is 0 Å². The summed E-state index contributed by atoms with van der Waals surface area (Å²) in [6, 6.07) is 53.4. The third kappa shape index (κ3) is 4.48. The smallest absolute Gasteiger partial charge is 0.0159 e. The summed E-state index contributed by atoms with van der Waals surface area (Å²) in [6.07, 6.45) is 0. The van der Waals surface area contributed by atoms with Crippen molar-refractivity contribution in [2.45, 2.75) is 59.3 Å². The van der Waals surface area contributed by atoms with Gasteiger partial charge in [0.2, 0.25) is 0 Å². The van der Waals surface area contributed by atoms with Crippen LogP contribution in [0.4, 0.5) is 0 Å². The SMILES string of the molecule is Cc1cc(-c2c3ccccc3c(-c3ccc4c(c3)C(C)(C)c3ccccc3-4)c3cc(-c4ccc5c(c4)C(C)(C)c4ccccc4-5)ccc23)cc(C)c1C. The molecule has 0 amide bonds. The molecule has 2 aliphatic rings. The highest BCUT2D eigenvalue weighted by atomic mass is 14.4. The van der Waals surface area contributed by atoms with Gasteiger partial charge in [0, 0.05) is 10.8 Å². The van der Waals surface area contributed by atoms with Crippen molar-refractivity contribution in [3.8, 4) is 55.6 Å². The number of hydrogen-bond donors (Lipinski definition) is 0. The van der Waals surface area contributed by atoms with Crippen molar-refractivity contribution in [3.63, 3.8) is 0 Å². The van der Waals surface area contributed by atoms with E-state index in [0.717, 1.165) is 0 Å². The van der Waals surface area contributed by atoms with Crippen LogP contribution < -0.4 is 0 Å². The van der Waals surface area contributed by atoms with Gasteiger partial charge >= 0.3 is 0 Å². The molecule has 0 aliphatic heterocycles. The van der Waals surface area contributed by atoms with E-state index in [0.29, 0.717) is 0 Å². The van der Waals surface area contributed by atoms with Gasteiger partial charge in [-0.05, 0) is 155 Å². The molecule has 0 saturated heterocycles. The van der Waals surface area contributed by atoms with Crippen LogP contribution >= 0.6 is 0 Å². The Balaban J connectivity index is 1.27. The maximum Gasteiger partial charge on any atom is 0.0159 e. The lowest BCUT2D eigenvalue weighted by atomic mass is 9.80. The molecule has 0 heterocycles. The lowest BCUT2D eigenvalue weighted by Crippen LogP contribution is -2.14. The first-order valence-electron chi connectivity index (χ1n) is 19.1. The summed E-state index contributed by atoms with van der Waals surface area (Å²) in [5.41, 5.74) is 22.7. The van der Waals surface area contributed by atoms with E-state index in [1.54, 1.807) is 0 Å². The predicted molar refractivity (Wildman–Crippen MR) is 227 cm³/mol. The van der Waals surface area contributed by atoms with Crippen molar-refractivity contribution >= 4 is 21.5 Å². The fraction of sp³-hybridized carbons (Fsp3) is 0.170. The van der Waals surface area contributed by atoms with Gasteiger partial charge in [-0.25, -0.2) is 0 Å². The molecule has 53 heavy (non-hydrogen) atoms. The predicted octanol–water partition coefficient (Wildman–Crippen LogP) is 14.5. The van der Waals surface area contributed by atoms with Gasteiger partial charge in [-0.1, -0.05) is 149 Å². The Morgan fingerprint density at radius 3 is 1.32 bits per heavy atom. The minimum Gasteiger partial charge on any atom is -0.0619 e. The Morgan fingerprint density at radius 2 is 0.736 bits per heavy atom. The van der Waals surface area contributed by atoms with Crippen molar-refractivity contribution in [1.29, 1.82) is 0 Å². The Hall–Kier alpha value is -5.72. The topological polar surface area (TPSA) is 0 Å². The fourth-order valence-corrected chi connectivity index (χ4v) is 9.90. The molecule has 8 aromatic rings. The number of aryl methyl sites for hydroxylation is 2. The molecule has 0 radical (unpaired) electrons. The van der Waals surface area contributed by atoms with Crippen LogP contribution in [0.2, 0.25) is 0 Å². The Labute approximate surface area is 313 Å². The van der Waals surface area contributed by atoms with Crippen molar-refractivity contribution in [3.05, 3.63) is 178 Å². The summed E-state index contributed by atoms with van der Waals surface area (Å²) >= 11 is 0. The average molecular weight is 681 g/mol. The van der Waals surface area contributed by atoms with Crippen molar-refractivity contribution < 1.29 is 0 Å². The maximum absolute atomic E-state index is 2.50. The van der Waals surface area contributed by atoms with E-state index in [-0.39, 0.29) is 10.8 Å². The van der Waals surface area contributed by atoms with E-state index in [9.17, 15) is 0 Å². The fourth-order valence-electron chi connectivity index (χ4n) is 9.90. The highest BCUT2D eigenvalue weighted by Gasteiger charge is 2.36. The number of rotatable bonds is 3. The third-order valence-corrected chi connectivity index (χ3v) is 13.0. The van der Waals surface area contributed by atoms with E-state index in [4.69, 9.17) is 0 Å². The molecule has 0 unspecified atom stereocenters. The molecular weight excluding hydrogens is 637 g/mol. The lowest BCUT2D eigenvalue weighted by molar-refractivity contribution is 0.660. The molecule has 0 spiro atoms. The second-order valence-corrected chi connectivity index (χ2v) is 16.7. The summed E-state index contributed by atoms with van der Waals surface area (Å²) in [5, 5.41) is 5.18. The monoisotopic (exact) mass is 680 g/mol. The van der Waals surface area contributed by atoms with Gasteiger partial charge in [-0.2, -0.15) is 0 Å². The van der Waals surface area contributed by atoms with Crippen LogP contribution in [0.1, 0.15) is 66.6 Å². The van der Waals surface area contributed by atoms with Gasteiger partial charge in [-0.3, -0.25) is 0 Å². The molecule has 2 aliphatic carbocycles. The highest BCUT2D eigenvalue weighted by molar-refractivity contribution is 6.22. The molecule has 0 nitrogen and oxygen atoms in total. The molecule has 0 N–H and O–H groups in total. The van der Waals surface area contributed by atoms with Crippen LogP contribution in [-0.2, 0) is 10.8 Å². The second kappa shape index (κ2) is 11.1. The normalized spacial score (nSPS) is 14.6. The van der Waals surface area contributed by atoms with Gasteiger partial charge in [0.25, 0.3) is 0 Å². The molecule has 0 heteroatoms. The number of hydrogen-bond acceptors (Lipinski definition) is 0. The average Bonchev–Trinajstić information content (AvgIpc) is 3.54. The minimum atomic E-state index is -0.0790. The van der Waals surface area contributed by atoms with Gasteiger partial charge in [-0.15, -0.1) is 0 Å². The van der Waals surface area contributed by atoms with Crippen LogP contribution in [0, 0.1) is 20.8 Å². The molecule has 0 aromatic heterocycles. The van der Waals surface area contributed by atoms with Crippen LogP contribution in [0.3, 0.4) is 0 Å². The second-order valence-electron chi connectivity index (χ2n) is 16.7. The first-order valence-corrected chi connectivity index (χ1v) is 19.1. The first kappa shape index (κ1) is 32.0. The van der Waals surface area contributed by atoms with E-state index < -0.39 is 0 Å². The van der Waals surface area contributed by atoms with Gasteiger partial charge in [0.1, 0.15) is 0 Å². The van der Waals surface area contributed by atoms with Crippen LogP contribution in [0.15, 0.2) is 140 Å². The molecule has 0 fully saturated rings. The highest BCUT2D eigenvalue weighted by Crippen LogP contribution is 2.53. The first-order chi connectivity index (χ1) is 25.5. The van der Waals surface area contributed by atoms with E-state index in [2.05, 4.69) is 188 Å². The molecule has 0 saturated carbocycles. The van der Waals surface area contributed by atoms with E-state index >= 15 is 0 Å². The zero-order valence-corrected chi connectivity index (χ0v) is 31.8. The Morgan fingerprint density at radius 1 is 0.321 bits per heavy atom. The number of benzene rings is 8. The largest absolute Gasteiger partial charge is 0.0619 e. The molecule has 10 rings (SSSR count). The summed E-state index contributed by atoms with van der Waals surface area (Å²) < 4.78 is 0. The zero-order valence-electron chi connectivity index (χ0n) is 31.8. The molecule has 8 aromatic carbocycles. The van der Waals surface area contributed by atoms with Crippen LogP contribution in [0.25, 0.3) is 77.2 Å².